The number of nitrogens with one attached hydrogen (secondary N) is 2. The van der Waals surface area contributed by atoms with Crippen LogP contribution in [0.25, 0.3) is 21.3 Å². The molecule has 5 aromatic rings. The van der Waals surface area contributed by atoms with Crippen molar-refractivity contribution in [3.05, 3.63) is 107 Å². The molecule has 0 saturated heterocycles. The van der Waals surface area contributed by atoms with Crippen LogP contribution in [-0.4, -0.2) is 28.2 Å². The van der Waals surface area contributed by atoms with Crippen molar-refractivity contribution in [2.24, 2.45) is 5.10 Å². The number of hydrazone groups is 1. The Labute approximate surface area is 230 Å². The van der Waals surface area contributed by atoms with Crippen LogP contribution in [0, 0.1) is 0 Å². The highest BCUT2D eigenvalue weighted by molar-refractivity contribution is 9.10. The third-order valence-electron chi connectivity index (χ3n) is 5.45. The summed E-state index contributed by atoms with van der Waals surface area (Å²) < 4.78 is 7.05. The molecule has 2 amide bonds. The maximum absolute atomic E-state index is 12.4. The molecule has 0 fully saturated rings. The molecule has 0 aliphatic rings. The number of hydrogen-bond donors (Lipinski definition) is 2. The van der Waals surface area contributed by atoms with Crippen LogP contribution in [0.3, 0.4) is 0 Å². The van der Waals surface area contributed by atoms with Crippen LogP contribution < -0.4 is 15.5 Å². The van der Waals surface area contributed by atoms with Gasteiger partial charge < -0.3 is 4.74 Å². The van der Waals surface area contributed by atoms with E-state index in [0.29, 0.717) is 22.9 Å². The second-order valence-corrected chi connectivity index (χ2v) is 9.94. The van der Waals surface area contributed by atoms with Crippen molar-refractivity contribution < 1.29 is 14.3 Å². The van der Waals surface area contributed by atoms with E-state index in [-0.39, 0.29) is 5.13 Å². The molecule has 0 radical (unpaired) electrons. The number of anilines is 1. The topological polar surface area (TPSA) is 106 Å². The molecule has 2 N–H and O–H groups in total. The molecule has 0 spiro atoms. The molecule has 0 atom stereocenters. The van der Waals surface area contributed by atoms with Gasteiger partial charge in [0.25, 0.3) is 0 Å². The molecule has 4 aromatic carbocycles. The predicted octanol–water partition coefficient (Wildman–Crippen LogP) is 5.79. The van der Waals surface area contributed by atoms with Crippen LogP contribution in [0.2, 0.25) is 0 Å². The van der Waals surface area contributed by atoms with Crippen molar-refractivity contribution in [3.8, 4) is 16.3 Å². The minimum atomic E-state index is -0.936. The number of rotatable bonds is 7. The standard InChI is InChI=1S/C28H20BrN5O3S/c29-21-11-6-7-18(15-21)17-37-24-14-13-19-8-4-5-12-22(19)23(24)16-30-32-26(36)25(35)31-28-34-33-27(38-28)20-9-2-1-3-10-20/h1-16H,17H2,(H,32,36)(H,31,34,35)/b30-16+. The highest BCUT2D eigenvalue weighted by Gasteiger charge is 2.16. The second kappa shape index (κ2) is 11.8. The second-order valence-electron chi connectivity index (χ2n) is 8.05. The van der Waals surface area contributed by atoms with E-state index in [2.05, 4.69) is 42.0 Å². The van der Waals surface area contributed by atoms with E-state index in [1.54, 1.807) is 0 Å². The zero-order valence-electron chi connectivity index (χ0n) is 19.8. The first-order valence-electron chi connectivity index (χ1n) is 11.5. The summed E-state index contributed by atoms with van der Waals surface area (Å²) >= 11 is 4.64. The summed E-state index contributed by atoms with van der Waals surface area (Å²) in [4.78, 5) is 24.8. The van der Waals surface area contributed by atoms with Gasteiger partial charge in [0, 0.05) is 15.6 Å². The number of hydrogen-bond acceptors (Lipinski definition) is 7. The summed E-state index contributed by atoms with van der Waals surface area (Å²) in [6.07, 6.45) is 1.47. The van der Waals surface area contributed by atoms with Crippen molar-refractivity contribution in [2.45, 2.75) is 6.61 Å². The van der Waals surface area contributed by atoms with Gasteiger partial charge in [-0.15, -0.1) is 10.2 Å². The van der Waals surface area contributed by atoms with Crippen LogP contribution in [-0.2, 0) is 16.2 Å². The molecule has 10 heteroatoms. The van der Waals surface area contributed by atoms with E-state index in [1.807, 2.05) is 91.0 Å². The molecular weight excluding hydrogens is 566 g/mol. The number of amides is 2. The van der Waals surface area contributed by atoms with Gasteiger partial charge in [-0.3, -0.25) is 14.9 Å². The Balaban J connectivity index is 1.27. The average Bonchev–Trinajstić information content (AvgIpc) is 3.41. The lowest BCUT2D eigenvalue weighted by Crippen LogP contribution is -2.32. The number of benzene rings is 4. The lowest BCUT2D eigenvalue weighted by atomic mass is 10.0. The third kappa shape index (κ3) is 6.10. The molecule has 0 aliphatic carbocycles. The summed E-state index contributed by atoms with van der Waals surface area (Å²) in [7, 11) is 0. The van der Waals surface area contributed by atoms with E-state index in [1.165, 1.54) is 17.6 Å². The van der Waals surface area contributed by atoms with Crippen LogP contribution >= 0.6 is 27.3 Å². The molecule has 38 heavy (non-hydrogen) atoms. The monoisotopic (exact) mass is 585 g/mol. The Kier molecular flexibility index (Phi) is 7.81. The molecule has 188 valence electrons. The summed E-state index contributed by atoms with van der Waals surface area (Å²) in [5.74, 6) is -1.25. The number of aromatic nitrogens is 2. The number of nitrogens with zero attached hydrogens (tertiary/aromatic N) is 3. The van der Waals surface area contributed by atoms with Gasteiger partial charge in [-0.05, 0) is 34.5 Å². The van der Waals surface area contributed by atoms with Crippen molar-refractivity contribution >= 4 is 61.2 Å². The van der Waals surface area contributed by atoms with E-state index in [0.717, 1.165) is 26.4 Å². The van der Waals surface area contributed by atoms with Gasteiger partial charge in [0.15, 0.2) is 0 Å². The lowest BCUT2D eigenvalue weighted by Gasteiger charge is -2.12. The number of ether oxygens (including phenoxy) is 1. The Bertz CT molecular complexity index is 1640. The predicted molar refractivity (Wildman–Crippen MR) is 152 cm³/mol. The molecule has 0 unspecified atom stereocenters. The number of halogens is 1. The smallest absolute Gasteiger partial charge is 0.329 e. The van der Waals surface area contributed by atoms with Crippen molar-refractivity contribution in [3.63, 3.8) is 0 Å². The maximum Gasteiger partial charge on any atom is 0.329 e. The molecule has 1 aromatic heterocycles. The molecule has 0 aliphatic heterocycles. The van der Waals surface area contributed by atoms with E-state index < -0.39 is 11.8 Å². The minimum absolute atomic E-state index is 0.213. The lowest BCUT2D eigenvalue weighted by molar-refractivity contribution is -0.136. The number of carbonyl (C=O) groups excluding carboxylic acids is 2. The summed E-state index contributed by atoms with van der Waals surface area (Å²) in [5, 5.41) is 17.2. The van der Waals surface area contributed by atoms with E-state index >= 15 is 0 Å². The summed E-state index contributed by atoms with van der Waals surface area (Å²) in [6, 6.07) is 28.9. The zero-order chi connectivity index (χ0) is 26.3. The normalized spacial score (nSPS) is 11.0. The average molecular weight is 586 g/mol. The van der Waals surface area contributed by atoms with Gasteiger partial charge >= 0.3 is 11.8 Å². The van der Waals surface area contributed by atoms with Crippen molar-refractivity contribution in [1.29, 1.82) is 0 Å². The van der Waals surface area contributed by atoms with Crippen LogP contribution in [0.5, 0.6) is 5.75 Å². The quantitative estimate of drug-likeness (QED) is 0.143. The molecule has 0 saturated carbocycles. The van der Waals surface area contributed by atoms with Crippen LogP contribution in [0.4, 0.5) is 5.13 Å². The maximum atomic E-state index is 12.4. The number of carbonyl (C=O) groups is 2. The van der Waals surface area contributed by atoms with Crippen molar-refractivity contribution in [2.75, 3.05) is 5.32 Å². The molecule has 8 nitrogen and oxygen atoms in total. The fourth-order valence-electron chi connectivity index (χ4n) is 3.65. The van der Waals surface area contributed by atoms with Crippen LogP contribution in [0.1, 0.15) is 11.1 Å². The first-order valence-corrected chi connectivity index (χ1v) is 13.1. The summed E-state index contributed by atoms with van der Waals surface area (Å²) in [6.45, 7) is 0.347. The van der Waals surface area contributed by atoms with E-state index in [9.17, 15) is 9.59 Å². The van der Waals surface area contributed by atoms with Gasteiger partial charge in [-0.2, -0.15) is 5.10 Å². The van der Waals surface area contributed by atoms with Gasteiger partial charge in [-0.25, -0.2) is 5.43 Å². The molecular formula is C28H20BrN5O3S. The van der Waals surface area contributed by atoms with Gasteiger partial charge in [0.1, 0.15) is 17.4 Å². The zero-order valence-corrected chi connectivity index (χ0v) is 22.2. The first-order chi connectivity index (χ1) is 18.6. The Hall–Kier alpha value is -4.41. The molecule has 1 heterocycles. The SMILES string of the molecule is O=C(N/N=C/c1c(OCc2cccc(Br)c2)ccc2ccccc12)C(=O)Nc1nnc(-c2ccccc2)s1. The number of fused-ring (bicyclic) bond motifs is 1. The Morgan fingerprint density at radius 3 is 2.58 bits per heavy atom. The Morgan fingerprint density at radius 1 is 0.921 bits per heavy atom. The van der Waals surface area contributed by atoms with E-state index in [4.69, 9.17) is 4.74 Å². The molecule has 0 bridgehead atoms. The first kappa shape index (κ1) is 25.2. The molecule has 5 rings (SSSR count). The fourth-order valence-corrected chi connectivity index (χ4v) is 4.84. The van der Waals surface area contributed by atoms with Gasteiger partial charge in [0.05, 0.1) is 6.21 Å². The van der Waals surface area contributed by atoms with Gasteiger partial charge in [-0.1, -0.05) is 100 Å². The Morgan fingerprint density at radius 2 is 1.74 bits per heavy atom. The van der Waals surface area contributed by atoms with Gasteiger partial charge in [0.2, 0.25) is 5.13 Å². The highest BCUT2D eigenvalue weighted by atomic mass is 79.9. The largest absolute Gasteiger partial charge is 0.488 e. The summed E-state index contributed by atoms with van der Waals surface area (Å²) in [5.41, 5.74) is 4.81. The van der Waals surface area contributed by atoms with Crippen molar-refractivity contribution in [1.82, 2.24) is 15.6 Å². The minimum Gasteiger partial charge on any atom is -0.488 e. The highest BCUT2D eigenvalue weighted by Crippen LogP contribution is 2.28. The van der Waals surface area contributed by atoms with Crippen LogP contribution in [0.15, 0.2) is 101 Å². The fraction of sp³-hybridized carbons (Fsp3) is 0.0357. The third-order valence-corrected chi connectivity index (χ3v) is 6.83.